The van der Waals surface area contributed by atoms with E-state index in [-0.39, 0.29) is 17.9 Å². The molecule has 1 aliphatic heterocycles. The van der Waals surface area contributed by atoms with E-state index >= 15 is 0 Å². The zero-order valence-electron chi connectivity index (χ0n) is 10.7. The average molecular weight is 328 g/mol. The van der Waals surface area contributed by atoms with Gasteiger partial charge < -0.3 is 4.90 Å². The number of carbonyl (C=O) groups is 1. The van der Waals surface area contributed by atoms with Gasteiger partial charge in [-0.2, -0.15) is 0 Å². The fourth-order valence-electron chi connectivity index (χ4n) is 2.28. The van der Waals surface area contributed by atoms with Crippen LogP contribution in [0.3, 0.4) is 0 Å². The molecule has 0 fully saturated rings. The Morgan fingerprint density at radius 3 is 2.89 bits per heavy atom. The summed E-state index contributed by atoms with van der Waals surface area (Å²) < 4.78 is 0. The van der Waals surface area contributed by atoms with Gasteiger partial charge in [0.05, 0.1) is 5.92 Å². The monoisotopic (exact) mass is 327 g/mol. The maximum absolute atomic E-state index is 12.6. The van der Waals surface area contributed by atoms with Gasteiger partial charge in [-0.05, 0) is 25.5 Å². The number of hydrogen-bond acceptors (Lipinski definition) is 2. The highest BCUT2D eigenvalue weighted by Gasteiger charge is 2.32. The summed E-state index contributed by atoms with van der Waals surface area (Å²) in [5.74, 6) is 1.18. The molecule has 0 saturated heterocycles. The van der Waals surface area contributed by atoms with Gasteiger partial charge in [-0.3, -0.25) is 4.79 Å². The van der Waals surface area contributed by atoms with Gasteiger partial charge in [0.25, 0.3) is 0 Å². The maximum Gasteiger partial charge on any atom is 0.231 e. The van der Waals surface area contributed by atoms with E-state index in [2.05, 4.69) is 41.9 Å². The molecular formula is C14H18BrNOS. The molecule has 0 saturated carbocycles. The van der Waals surface area contributed by atoms with Crippen molar-refractivity contribution in [3.63, 3.8) is 0 Å². The standard InChI is InChI=1S/C14H18BrNOS/c1-10(2)16(8-7-15)14(17)12-9-18-13-6-4-3-5-11(12)13/h3-6,10,12H,7-9H2,1-2H3. The van der Waals surface area contributed by atoms with Crippen molar-refractivity contribution in [2.75, 3.05) is 17.6 Å². The van der Waals surface area contributed by atoms with Crippen molar-refractivity contribution in [3.05, 3.63) is 29.8 Å². The Bertz CT molecular complexity index is 436. The van der Waals surface area contributed by atoms with E-state index in [1.54, 1.807) is 11.8 Å². The van der Waals surface area contributed by atoms with Gasteiger partial charge in [-0.25, -0.2) is 0 Å². The van der Waals surface area contributed by atoms with Crippen LogP contribution in [0.4, 0.5) is 0 Å². The van der Waals surface area contributed by atoms with E-state index in [0.717, 1.165) is 17.6 Å². The number of thioether (sulfide) groups is 1. The molecule has 0 spiro atoms. The number of amides is 1. The van der Waals surface area contributed by atoms with Crippen LogP contribution in [-0.4, -0.2) is 34.5 Å². The van der Waals surface area contributed by atoms with Crippen LogP contribution in [0.15, 0.2) is 29.2 Å². The highest BCUT2D eigenvalue weighted by Crippen LogP contribution is 2.40. The topological polar surface area (TPSA) is 20.3 Å². The molecular weight excluding hydrogens is 310 g/mol. The Balaban J connectivity index is 2.20. The Morgan fingerprint density at radius 1 is 1.50 bits per heavy atom. The SMILES string of the molecule is CC(C)N(CCBr)C(=O)C1CSc2ccccc21. The summed E-state index contributed by atoms with van der Waals surface area (Å²) in [6.45, 7) is 4.93. The molecule has 18 heavy (non-hydrogen) atoms. The lowest BCUT2D eigenvalue weighted by atomic mass is 9.99. The van der Waals surface area contributed by atoms with Crippen molar-refractivity contribution in [1.29, 1.82) is 0 Å². The molecule has 2 rings (SSSR count). The lowest BCUT2D eigenvalue weighted by molar-refractivity contribution is -0.133. The Morgan fingerprint density at radius 2 is 2.22 bits per heavy atom. The third kappa shape index (κ3) is 2.75. The first-order valence-corrected chi connectivity index (χ1v) is 8.34. The highest BCUT2D eigenvalue weighted by molar-refractivity contribution is 9.09. The molecule has 4 heteroatoms. The van der Waals surface area contributed by atoms with Gasteiger partial charge in [0.15, 0.2) is 0 Å². The Kier molecular flexibility index (Phi) is 4.73. The molecule has 1 heterocycles. The van der Waals surface area contributed by atoms with Crippen LogP contribution < -0.4 is 0 Å². The summed E-state index contributed by atoms with van der Waals surface area (Å²) in [5.41, 5.74) is 1.20. The van der Waals surface area contributed by atoms with E-state index in [0.29, 0.717) is 0 Å². The van der Waals surface area contributed by atoms with Crippen LogP contribution in [-0.2, 0) is 4.79 Å². The van der Waals surface area contributed by atoms with Crippen LogP contribution in [0.5, 0.6) is 0 Å². The molecule has 0 N–H and O–H groups in total. The first-order valence-electron chi connectivity index (χ1n) is 6.23. The van der Waals surface area contributed by atoms with E-state index in [1.165, 1.54) is 10.5 Å². The molecule has 1 atom stereocenters. The number of fused-ring (bicyclic) bond motifs is 1. The number of benzene rings is 1. The summed E-state index contributed by atoms with van der Waals surface area (Å²) in [7, 11) is 0. The Hall–Kier alpha value is -0.480. The summed E-state index contributed by atoms with van der Waals surface area (Å²) in [4.78, 5) is 15.9. The number of nitrogens with zero attached hydrogens (tertiary/aromatic N) is 1. The predicted molar refractivity (Wildman–Crippen MR) is 80.6 cm³/mol. The van der Waals surface area contributed by atoms with Crippen LogP contribution in [0, 0.1) is 0 Å². The summed E-state index contributed by atoms with van der Waals surface area (Å²) in [6, 6.07) is 8.52. The second-order valence-electron chi connectivity index (χ2n) is 4.72. The van der Waals surface area contributed by atoms with Crippen molar-refractivity contribution in [2.24, 2.45) is 0 Å². The number of carbonyl (C=O) groups excluding carboxylic acids is 1. The summed E-state index contributed by atoms with van der Waals surface area (Å²) in [6.07, 6.45) is 0. The largest absolute Gasteiger partial charge is 0.339 e. The third-order valence-electron chi connectivity index (χ3n) is 3.23. The summed E-state index contributed by atoms with van der Waals surface area (Å²) in [5, 5.41) is 0.832. The first kappa shape index (κ1) is 13.9. The van der Waals surface area contributed by atoms with Gasteiger partial charge in [-0.15, -0.1) is 11.8 Å². The third-order valence-corrected chi connectivity index (χ3v) is 4.77. The minimum Gasteiger partial charge on any atom is -0.339 e. The van der Waals surface area contributed by atoms with Crippen LogP contribution in [0.1, 0.15) is 25.3 Å². The van der Waals surface area contributed by atoms with Crippen molar-refractivity contribution >= 4 is 33.6 Å². The molecule has 0 aromatic heterocycles. The van der Waals surface area contributed by atoms with E-state index in [9.17, 15) is 4.79 Å². The summed E-state index contributed by atoms with van der Waals surface area (Å²) >= 11 is 5.22. The number of rotatable bonds is 4. The lowest BCUT2D eigenvalue weighted by Gasteiger charge is -2.28. The molecule has 1 aliphatic rings. The molecule has 1 unspecified atom stereocenters. The average Bonchev–Trinajstić information content (AvgIpc) is 2.78. The van der Waals surface area contributed by atoms with Crippen molar-refractivity contribution in [1.82, 2.24) is 4.90 Å². The van der Waals surface area contributed by atoms with E-state index in [1.807, 2.05) is 17.0 Å². The molecule has 2 nitrogen and oxygen atoms in total. The first-order chi connectivity index (χ1) is 8.65. The fraction of sp³-hybridized carbons (Fsp3) is 0.500. The van der Waals surface area contributed by atoms with E-state index < -0.39 is 0 Å². The second kappa shape index (κ2) is 6.11. The zero-order valence-corrected chi connectivity index (χ0v) is 13.1. The van der Waals surface area contributed by atoms with Crippen LogP contribution >= 0.6 is 27.7 Å². The normalized spacial score (nSPS) is 17.9. The molecule has 1 aromatic rings. The van der Waals surface area contributed by atoms with Gasteiger partial charge in [0.1, 0.15) is 0 Å². The van der Waals surface area contributed by atoms with Crippen LogP contribution in [0.25, 0.3) is 0 Å². The molecule has 0 bridgehead atoms. The zero-order chi connectivity index (χ0) is 13.1. The fourth-order valence-corrected chi connectivity index (χ4v) is 3.88. The van der Waals surface area contributed by atoms with Crippen molar-refractivity contribution in [3.8, 4) is 0 Å². The van der Waals surface area contributed by atoms with Gasteiger partial charge in [-0.1, -0.05) is 34.1 Å². The molecule has 1 amide bonds. The predicted octanol–water partition coefficient (Wildman–Crippen LogP) is 3.51. The quantitative estimate of drug-likeness (QED) is 0.789. The van der Waals surface area contributed by atoms with Gasteiger partial charge in [0.2, 0.25) is 5.91 Å². The molecule has 1 aromatic carbocycles. The van der Waals surface area contributed by atoms with E-state index in [4.69, 9.17) is 0 Å². The minimum absolute atomic E-state index is 0.0349. The van der Waals surface area contributed by atoms with Gasteiger partial charge >= 0.3 is 0 Å². The molecule has 0 radical (unpaired) electrons. The van der Waals surface area contributed by atoms with Crippen molar-refractivity contribution < 1.29 is 4.79 Å². The molecule has 98 valence electrons. The van der Waals surface area contributed by atoms with Gasteiger partial charge in [0, 0.05) is 28.6 Å². The smallest absolute Gasteiger partial charge is 0.231 e. The van der Waals surface area contributed by atoms with Crippen LogP contribution in [0.2, 0.25) is 0 Å². The molecule has 0 aliphatic carbocycles. The minimum atomic E-state index is 0.0349. The van der Waals surface area contributed by atoms with Crippen molar-refractivity contribution in [2.45, 2.75) is 30.7 Å². The maximum atomic E-state index is 12.6. The number of hydrogen-bond donors (Lipinski definition) is 0. The second-order valence-corrected chi connectivity index (χ2v) is 6.57. The Labute approximate surface area is 121 Å². The number of alkyl halides is 1. The number of halogens is 1. The lowest BCUT2D eigenvalue weighted by Crippen LogP contribution is -2.41. The highest BCUT2D eigenvalue weighted by atomic mass is 79.9.